The number of phenols is 1. The average Bonchev–Trinajstić information content (AvgIpc) is 2.89. The second kappa shape index (κ2) is 6.35. The molecule has 2 rings (SSSR count). The highest BCUT2D eigenvalue weighted by Gasteiger charge is 2.31. The summed E-state index contributed by atoms with van der Waals surface area (Å²) in [6, 6.07) is 2.68. The number of thiazole rings is 1. The van der Waals surface area contributed by atoms with Crippen molar-refractivity contribution in [2.24, 2.45) is 0 Å². The molecule has 0 radical (unpaired) electrons. The van der Waals surface area contributed by atoms with E-state index in [0.717, 1.165) is 29.5 Å². The maximum absolute atomic E-state index is 12.7. The summed E-state index contributed by atoms with van der Waals surface area (Å²) in [5, 5.41) is 11.6. The van der Waals surface area contributed by atoms with Crippen molar-refractivity contribution in [2.75, 3.05) is 6.61 Å². The summed E-state index contributed by atoms with van der Waals surface area (Å²) in [7, 11) is 0. The van der Waals surface area contributed by atoms with E-state index in [1.807, 2.05) is 0 Å². The summed E-state index contributed by atoms with van der Waals surface area (Å²) in [6.07, 6.45) is -4.48. The lowest BCUT2D eigenvalue weighted by molar-refractivity contribution is -0.137. The molecule has 0 bridgehead atoms. The largest absolute Gasteiger partial charge is 0.508 e. The number of halogens is 3. The minimum atomic E-state index is -4.48. The molecule has 8 heteroatoms. The van der Waals surface area contributed by atoms with E-state index in [1.165, 1.54) is 5.38 Å². The molecular formula is C14H12F3NO3S. The number of esters is 1. The maximum Gasteiger partial charge on any atom is 0.416 e. The normalized spacial score (nSPS) is 11.5. The number of rotatable bonds is 4. The van der Waals surface area contributed by atoms with Crippen LogP contribution in [0.1, 0.15) is 33.5 Å². The van der Waals surface area contributed by atoms with Gasteiger partial charge in [-0.25, -0.2) is 9.78 Å². The van der Waals surface area contributed by atoms with E-state index < -0.39 is 17.7 Å². The van der Waals surface area contributed by atoms with E-state index in [0.29, 0.717) is 5.01 Å². The minimum Gasteiger partial charge on any atom is -0.508 e. The van der Waals surface area contributed by atoms with Crippen molar-refractivity contribution in [3.8, 4) is 5.75 Å². The topological polar surface area (TPSA) is 59.4 Å². The fraction of sp³-hybridized carbons (Fsp3) is 0.286. The molecule has 0 aliphatic carbocycles. The van der Waals surface area contributed by atoms with Crippen molar-refractivity contribution in [2.45, 2.75) is 19.5 Å². The van der Waals surface area contributed by atoms with E-state index in [1.54, 1.807) is 6.92 Å². The number of aromatic nitrogens is 1. The Morgan fingerprint density at radius 1 is 1.41 bits per heavy atom. The highest BCUT2D eigenvalue weighted by Crippen LogP contribution is 2.33. The lowest BCUT2D eigenvalue weighted by atomic mass is 10.1. The second-order valence-corrected chi connectivity index (χ2v) is 5.31. The molecule has 1 aromatic heterocycles. The molecule has 1 heterocycles. The average molecular weight is 331 g/mol. The smallest absolute Gasteiger partial charge is 0.416 e. The van der Waals surface area contributed by atoms with Gasteiger partial charge in [0.2, 0.25) is 0 Å². The van der Waals surface area contributed by atoms with Crippen molar-refractivity contribution in [3.05, 3.63) is 45.4 Å². The van der Waals surface area contributed by atoms with Gasteiger partial charge in [0.25, 0.3) is 0 Å². The van der Waals surface area contributed by atoms with Crippen LogP contribution in [0.2, 0.25) is 0 Å². The number of carbonyl (C=O) groups is 1. The molecule has 2 aromatic rings. The zero-order valence-electron chi connectivity index (χ0n) is 11.5. The lowest BCUT2D eigenvalue weighted by Crippen LogP contribution is -2.06. The molecule has 4 nitrogen and oxygen atoms in total. The van der Waals surface area contributed by atoms with Gasteiger partial charge in [0.1, 0.15) is 5.75 Å². The van der Waals surface area contributed by atoms with Gasteiger partial charge in [0, 0.05) is 17.4 Å². The van der Waals surface area contributed by atoms with Crippen LogP contribution in [0.25, 0.3) is 0 Å². The van der Waals surface area contributed by atoms with Crippen molar-refractivity contribution in [1.82, 2.24) is 4.98 Å². The summed E-state index contributed by atoms with van der Waals surface area (Å²) in [5.74, 6) is -0.834. The standard InChI is InChI=1S/C14H12F3NO3S/c1-2-21-13(20)10-7-22-12(18-10)6-8-5-9(14(15,16)17)3-4-11(8)19/h3-5,7,19H,2,6H2,1H3. The molecule has 0 amide bonds. The van der Waals surface area contributed by atoms with Crippen molar-refractivity contribution in [1.29, 1.82) is 0 Å². The number of ether oxygens (including phenoxy) is 1. The maximum atomic E-state index is 12.7. The zero-order valence-corrected chi connectivity index (χ0v) is 12.3. The first kappa shape index (κ1) is 16.3. The molecule has 1 aromatic carbocycles. The predicted molar refractivity (Wildman–Crippen MR) is 74.0 cm³/mol. The number of nitrogens with zero attached hydrogens (tertiary/aromatic N) is 1. The van der Waals surface area contributed by atoms with Gasteiger partial charge < -0.3 is 9.84 Å². The Labute approximate surface area is 128 Å². The Kier molecular flexibility index (Phi) is 4.70. The Bertz CT molecular complexity index is 682. The first-order valence-corrected chi connectivity index (χ1v) is 7.20. The molecule has 0 fully saturated rings. The summed E-state index contributed by atoms with van der Waals surface area (Å²) < 4.78 is 42.8. The van der Waals surface area contributed by atoms with Gasteiger partial charge in [-0.3, -0.25) is 0 Å². The van der Waals surface area contributed by atoms with E-state index >= 15 is 0 Å². The third kappa shape index (κ3) is 3.76. The van der Waals surface area contributed by atoms with E-state index in [2.05, 4.69) is 4.98 Å². The van der Waals surface area contributed by atoms with Gasteiger partial charge in [0.05, 0.1) is 17.2 Å². The number of benzene rings is 1. The predicted octanol–water partition coefficient (Wildman–Crippen LogP) is 3.64. The van der Waals surface area contributed by atoms with Crippen LogP contribution in [-0.2, 0) is 17.3 Å². The third-order valence-corrected chi connectivity index (χ3v) is 3.63. The minimum absolute atomic E-state index is 0.000174. The molecule has 22 heavy (non-hydrogen) atoms. The Morgan fingerprint density at radius 2 is 2.14 bits per heavy atom. The Balaban J connectivity index is 2.22. The lowest BCUT2D eigenvalue weighted by Gasteiger charge is -2.09. The van der Waals surface area contributed by atoms with Crippen molar-refractivity contribution < 1.29 is 27.8 Å². The first-order chi connectivity index (χ1) is 10.3. The van der Waals surface area contributed by atoms with Crippen molar-refractivity contribution in [3.63, 3.8) is 0 Å². The van der Waals surface area contributed by atoms with Crippen LogP contribution in [-0.4, -0.2) is 22.7 Å². The molecule has 0 aliphatic heterocycles. The highest BCUT2D eigenvalue weighted by atomic mass is 32.1. The van der Waals surface area contributed by atoms with E-state index in [9.17, 15) is 23.1 Å². The zero-order chi connectivity index (χ0) is 16.3. The number of hydrogen-bond donors (Lipinski definition) is 1. The van der Waals surface area contributed by atoms with Crippen LogP contribution in [0.3, 0.4) is 0 Å². The monoisotopic (exact) mass is 331 g/mol. The molecule has 0 aliphatic rings. The van der Waals surface area contributed by atoms with Gasteiger partial charge in [-0.15, -0.1) is 11.3 Å². The van der Waals surface area contributed by atoms with Crippen LogP contribution >= 0.6 is 11.3 Å². The summed E-state index contributed by atoms with van der Waals surface area (Å²) in [5.41, 5.74) is -0.643. The SMILES string of the molecule is CCOC(=O)c1csc(Cc2cc(C(F)(F)F)ccc2O)n1. The van der Waals surface area contributed by atoms with Crippen LogP contribution in [0.4, 0.5) is 13.2 Å². The fourth-order valence-corrected chi connectivity index (χ4v) is 2.54. The molecule has 0 spiro atoms. The van der Waals surface area contributed by atoms with Crippen LogP contribution in [0, 0.1) is 0 Å². The molecule has 0 atom stereocenters. The fourth-order valence-electron chi connectivity index (χ4n) is 1.76. The van der Waals surface area contributed by atoms with Gasteiger partial charge in [-0.05, 0) is 25.1 Å². The number of alkyl halides is 3. The first-order valence-electron chi connectivity index (χ1n) is 6.32. The van der Waals surface area contributed by atoms with Gasteiger partial charge in [0.15, 0.2) is 5.69 Å². The Hall–Kier alpha value is -2.09. The molecule has 0 saturated heterocycles. The summed E-state index contributed by atoms with van der Waals surface area (Å²) in [6.45, 7) is 1.87. The number of phenolic OH excluding ortho intramolecular Hbond substituents is 1. The highest BCUT2D eigenvalue weighted by molar-refractivity contribution is 7.09. The molecule has 118 valence electrons. The quantitative estimate of drug-likeness (QED) is 0.869. The van der Waals surface area contributed by atoms with Gasteiger partial charge >= 0.3 is 12.1 Å². The van der Waals surface area contributed by atoms with E-state index in [4.69, 9.17) is 4.74 Å². The Morgan fingerprint density at radius 3 is 2.77 bits per heavy atom. The summed E-state index contributed by atoms with van der Waals surface area (Å²) >= 11 is 1.12. The van der Waals surface area contributed by atoms with Crippen LogP contribution < -0.4 is 0 Å². The second-order valence-electron chi connectivity index (χ2n) is 4.36. The van der Waals surface area contributed by atoms with Crippen LogP contribution in [0.15, 0.2) is 23.6 Å². The van der Waals surface area contributed by atoms with Crippen LogP contribution in [0.5, 0.6) is 5.75 Å². The van der Waals surface area contributed by atoms with Crippen molar-refractivity contribution >= 4 is 17.3 Å². The molecule has 0 saturated carbocycles. The third-order valence-electron chi connectivity index (χ3n) is 2.78. The molecule has 0 unspecified atom stereocenters. The number of hydrogen-bond acceptors (Lipinski definition) is 5. The number of carbonyl (C=O) groups excluding carboxylic acids is 1. The van der Waals surface area contributed by atoms with Gasteiger partial charge in [-0.1, -0.05) is 0 Å². The molecular weight excluding hydrogens is 319 g/mol. The number of aromatic hydroxyl groups is 1. The summed E-state index contributed by atoms with van der Waals surface area (Å²) in [4.78, 5) is 15.5. The van der Waals surface area contributed by atoms with Gasteiger partial charge in [-0.2, -0.15) is 13.2 Å². The van der Waals surface area contributed by atoms with E-state index in [-0.39, 0.29) is 30.0 Å². The molecule has 1 N–H and O–H groups in total.